The molecular weight excluding hydrogens is 178 g/mol. The van der Waals surface area contributed by atoms with E-state index in [0.29, 0.717) is 6.42 Å². The second kappa shape index (κ2) is 2.82. The summed E-state index contributed by atoms with van der Waals surface area (Å²) in [5.74, 6) is -0.325. The summed E-state index contributed by atoms with van der Waals surface area (Å²) in [6.45, 7) is 3.53. The maximum Gasteiger partial charge on any atom is 0.256 e. The Kier molecular flexibility index (Phi) is 1.86. The Balaban J connectivity index is 2.46. The first kappa shape index (κ1) is 9.21. The number of amides is 1. The number of benzene rings is 1. The average molecular weight is 191 g/mol. The summed E-state index contributed by atoms with van der Waals surface area (Å²) in [6.07, 6.45) is 0.385. The van der Waals surface area contributed by atoms with Crippen LogP contribution in [0.5, 0.6) is 0 Å². The van der Waals surface area contributed by atoms with Gasteiger partial charge in [0, 0.05) is 12.1 Å². The van der Waals surface area contributed by atoms with Crippen molar-refractivity contribution < 1.29 is 9.90 Å². The van der Waals surface area contributed by atoms with E-state index in [9.17, 15) is 9.90 Å². The van der Waals surface area contributed by atoms with E-state index in [1.54, 1.807) is 0 Å². The Morgan fingerprint density at radius 3 is 2.93 bits per heavy atom. The predicted molar refractivity (Wildman–Crippen MR) is 54.1 cm³/mol. The lowest BCUT2D eigenvalue weighted by Crippen LogP contribution is -2.45. The van der Waals surface area contributed by atoms with Crippen LogP contribution in [-0.2, 0) is 11.2 Å². The summed E-state index contributed by atoms with van der Waals surface area (Å²) >= 11 is 0. The highest BCUT2D eigenvalue weighted by Crippen LogP contribution is 2.28. The minimum absolute atomic E-state index is 0.325. The van der Waals surface area contributed by atoms with Crippen LogP contribution in [0.3, 0.4) is 0 Å². The summed E-state index contributed by atoms with van der Waals surface area (Å²) in [5, 5.41) is 12.5. The first-order chi connectivity index (χ1) is 6.49. The molecule has 0 saturated heterocycles. The third-order valence-electron chi connectivity index (χ3n) is 2.53. The van der Waals surface area contributed by atoms with Gasteiger partial charge in [0.25, 0.3) is 5.91 Å². The fraction of sp³-hybridized carbons (Fsp3) is 0.364. The van der Waals surface area contributed by atoms with Crippen molar-refractivity contribution in [3.05, 3.63) is 29.3 Å². The van der Waals surface area contributed by atoms with Gasteiger partial charge >= 0.3 is 0 Å². The molecule has 1 unspecified atom stereocenters. The molecule has 0 aromatic heterocycles. The van der Waals surface area contributed by atoms with Crippen LogP contribution in [0.25, 0.3) is 0 Å². The highest BCUT2D eigenvalue weighted by Gasteiger charge is 2.35. The van der Waals surface area contributed by atoms with Gasteiger partial charge in [-0.3, -0.25) is 4.79 Å². The molecule has 3 heteroatoms. The van der Waals surface area contributed by atoms with Crippen molar-refractivity contribution in [2.45, 2.75) is 25.9 Å². The monoisotopic (exact) mass is 191 g/mol. The average Bonchev–Trinajstić information content (AvgIpc) is 2.07. The SMILES string of the molecule is Cc1ccc2c(c1)CC(C)(O)C(=O)N2. The lowest BCUT2D eigenvalue weighted by Gasteiger charge is -2.29. The minimum Gasteiger partial charge on any atom is -0.380 e. The van der Waals surface area contributed by atoms with E-state index < -0.39 is 5.60 Å². The van der Waals surface area contributed by atoms with Crippen LogP contribution in [-0.4, -0.2) is 16.6 Å². The molecule has 1 aliphatic rings. The van der Waals surface area contributed by atoms with Gasteiger partial charge in [0.1, 0.15) is 5.60 Å². The summed E-state index contributed by atoms with van der Waals surface area (Å²) < 4.78 is 0. The fourth-order valence-electron chi connectivity index (χ4n) is 1.70. The molecule has 1 aliphatic heterocycles. The highest BCUT2D eigenvalue weighted by molar-refractivity contribution is 5.99. The molecule has 1 amide bonds. The van der Waals surface area contributed by atoms with Crippen molar-refractivity contribution in [1.82, 2.24) is 0 Å². The molecule has 14 heavy (non-hydrogen) atoms. The molecule has 1 aromatic carbocycles. The van der Waals surface area contributed by atoms with E-state index in [0.717, 1.165) is 16.8 Å². The molecule has 1 aromatic rings. The van der Waals surface area contributed by atoms with Crippen LogP contribution in [0.1, 0.15) is 18.1 Å². The molecule has 0 saturated carbocycles. The lowest BCUT2D eigenvalue weighted by molar-refractivity contribution is -0.132. The minimum atomic E-state index is -1.28. The number of fused-ring (bicyclic) bond motifs is 1. The normalized spacial score (nSPS) is 25.5. The number of nitrogens with one attached hydrogen (secondary N) is 1. The molecule has 0 spiro atoms. The van der Waals surface area contributed by atoms with Gasteiger partial charge in [-0.1, -0.05) is 17.7 Å². The van der Waals surface area contributed by atoms with Gasteiger partial charge < -0.3 is 10.4 Å². The van der Waals surface area contributed by atoms with Gasteiger partial charge in [0.05, 0.1) is 0 Å². The number of anilines is 1. The summed E-state index contributed by atoms with van der Waals surface area (Å²) in [5.41, 5.74) is 1.67. The molecule has 0 fully saturated rings. The fourth-order valence-corrected chi connectivity index (χ4v) is 1.70. The molecule has 2 rings (SSSR count). The van der Waals surface area contributed by atoms with Crippen LogP contribution in [0.2, 0.25) is 0 Å². The number of aryl methyl sites for hydroxylation is 1. The van der Waals surface area contributed by atoms with Gasteiger partial charge in [0.2, 0.25) is 0 Å². The standard InChI is InChI=1S/C11H13NO2/c1-7-3-4-9-8(5-7)6-11(2,14)10(13)12-9/h3-5,14H,6H2,1-2H3,(H,12,13). The summed E-state index contributed by atoms with van der Waals surface area (Å²) in [4.78, 5) is 11.4. The van der Waals surface area contributed by atoms with E-state index in [2.05, 4.69) is 5.32 Å². The molecule has 1 atom stereocenters. The van der Waals surface area contributed by atoms with Crippen molar-refractivity contribution in [1.29, 1.82) is 0 Å². The van der Waals surface area contributed by atoms with Gasteiger partial charge in [-0.15, -0.1) is 0 Å². The Hall–Kier alpha value is -1.35. The Labute approximate surface area is 82.8 Å². The largest absolute Gasteiger partial charge is 0.380 e. The quantitative estimate of drug-likeness (QED) is 0.648. The van der Waals surface area contributed by atoms with Crippen molar-refractivity contribution in [2.24, 2.45) is 0 Å². The molecular formula is C11H13NO2. The molecule has 0 radical (unpaired) electrons. The number of carbonyl (C=O) groups is 1. The molecule has 1 heterocycles. The molecule has 3 nitrogen and oxygen atoms in total. The van der Waals surface area contributed by atoms with Gasteiger partial charge in [0.15, 0.2) is 0 Å². The maximum absolute atomic E-state index is 11.4. The maximum atomic E-state index is 11.4. The van der Waals surface area contributed by atoms with Crippen molar-refractivity contribution in [2.75, 3.05) is 5.32 Å². The lowest BCUT2D eigenvalue weighted by atomic mass is 9.90. The molecule has 2 N–H and O–H groups in total. The van der Waals surface area contributed by atoms with E-state index in [-0.39, 0.29) is 5.91 Å². The predicted octanol–water partition coefficient (Wildman–Crippen LogP) is 1.24. The smallest absolute Gasteiger partial charge is 0.256 e. The first-order valence-electron chi connectivity index (χ1n) is 4.62. The second-order valence-corrected chi connectivity index (χ2v) is 4.07. The van der Waals surface area contributed by atoms with Crippen molar-refractivity contribution in [3.8, 4) is 0 Å². The number of aliphatic hydroxyl groups is 1. The van der Waals surface area contributed by atoms with Crippen molar-refractivity contribution in [3.63, 3.8) is 0 Å². The van der Waals surface area contributed by atoms with Gasteiger partial charge in [-0.2, -0.15) is 0 Å². The van der Waals surface area contributed by atoms with Crippen LogP contribution in [0.4, 0.5) is 5.69 Å². The third kappa shape index (κ3) is 1.40. The summed E-state index contributed by atoms with van der Waals surface area (Å²) in [6, 6.07) is 5.81. The Morgan fingerprint density at radius 1 is 1.50 bits per heavy atom. The zero-order valence-corrected chi connectivity index (χ0v) is 8.29. The second-order valence-electron chi connectivity index (χ2n) is 4.07. The molecule has 74 valence electrons. The van der Waals surface area contributed by atoms with Crippen LogP contribution < -0.4 is 5.32 Å². The van der Waals surface area contributed by atoms with Crippen molar-refractivity contribution >= 4 is 11.6 Å². The number of hydrogen-bond acceptors (Lipinski definition) is 2. The number of rotatable bonds is 0. The summed E-state index contributed by atoms with van der Waals surface area (Å²) in [7, 11) is 0. The first-order valence-corrected chi connectivity index (χ1v) is 4.62. The molecule has 0 aliphatic carbocycles. The van der Waals surface area contributed by atoms with E-state index in [4.69, 9.17) is 0 Å². The Bertz CT molecular complexity index is 396. The zero-order chi connectivity index (χ0) is 10.3. The van der Waals surface area contributed by atoms with E-state index in [1.165, 1.54) is 6.92 Å². The van der Waals surface area contributed by atoms with Gasteiger partial charge in [-0.25, -0.2) is 0 Å². The third-order valence-corrected chi connectivity index (χ3v) is 2.53. The highest BCUT2D eigenvalue weighted by atomic mass is 16.3. The van der Waals surface area contributed by atoms with Crippen LogP contribution >= 0.6 is 0 Å². The topological polar surface area (TPSA) is 49.3 Å². The van der Waals surface area contributed by atoms with Gasteiger partial charge in [-0.05, 0) is 25.5 Å². The van der Waals surface area contributed by atoms with E-state index >= 15 is 0 Å². The number of hydrogen-bond donors (Lipinski definition) is 2. The van der Waals surface area contributed by atoms with Crippen LogP contribution in [0, 0.1) is 6.92 Å². The Morgan fingerprint density at radius 2 is 2.21 bits per heavy atom. The van der Waals surface area contributed by atoms with E-state index in [1.807, 2.05) is 25.1 Å². The van der Waals surface area contributed by atoms with Crippen LogP contribution in [0.15, 0.2) is 18.2 Å². The number of carbonyl (C=O) groups excluding carboxylic acids is 1. The zero-order valence-electron chi connectivity index (χ0n) is 8.29. The molecule has 0 bridgehead atoms.